The fraction of sp³-hybridized carbons (Fsp3) is 0.118. The minimum atomic E-state index is -0.590. The fourth-order valence-corrected chi connectivity index (χ4v) is 2.40. The fourth-order valence-electron chi connectivity index (χ4n) is 2.40. The van der Waals surface area contributed by atoms with E-state index in [1.807, 2.05) is 0 Å². The Hall–Kier alpha value is -3.15. The summed E-state index contributed by atoms with van der Waals surface area (Å²) >= 11 is 0. The van der Waals surface area contributed by atoms with Crippen LogP contribution in [0.15, 0.2) is 42.5 Å². The molecule has 0 fully saturated rings. The lowest BCUT2D eigenvalue weighted by Crippen LogP contribution is -2.07. The predicted molar refractivity (Wildman–Crippen MR) is 83.5 cm³/mol. The topological polar surface area (TPSA) is 91.0 Å². The lowest BCUT2D eigenvalue weighted by Gasteiger charge is -2.11. The van der Waals surface area contributed by atoms with E-state index >= 15 is 0 Å². The van der Waals surface area contributed by atoms with E-state index in [4.69, 9.17) is 19.9 Å². The second-order valence-electron chi connectivity index (χ2n) is 4.92. The van der Waals surface area contributed by atoms with E-state index < -0.39 is 5.91 Å². The van der Waals surface area contributed by atoms with E-state index in [9.17, 15) is 9.90 Å². The molecule has 1 aliphatic heterocycles. The van der Waals surface area contributed by atoms with E-state index in [1.165, 1.54) is 19.3 Å². The first-order valence-electron chi connectivity index (χ1n) is 6.87. The van der Waals surface area contributed by atoms with Gasteiger partial charge in [-0.15, -0.1) is 0 Å². The van der Waals surface area contributed by atoms with Gasteiger partial charge in [-0.3, -0.25) is 4.79 Å². The van der Waals surface area contributed by atoms with Crippen molar-refractivity contribution in [2.45, 2.75) is 0 Å². The number of fused-ring (bicyclic) bond motifs is 1. The molecule has 1 heterocycles. The number of amides is 1. The molecule has 0 spiro atoms. The molecule has 0 saturated carbocycles. The summed E-state index contributed by atoms with van der Waals surface area (Å²) in [4.78, 5) is 11.4. The van der Waals surface area contributed by atoms with Crippen LogP contribution in [0.2, 0.25) is 0 Å². The lowest BCUT2D eigenvalue weighted by molar-refractivity contribution is -0.113. The van der Waals surface area contributed by atoms with Crippen LogP contribution < -0.4 is 19.9 Å². The summed E-state index contributed by atoms with van der Waals surface area (Å²) in [6.07, 6.45) is 1.30. The van der Waals surface area contributed by atoms with Crippen LogP contribution in [0.4, 0.5) is 0 Å². The Morgan fingerprint density at radius 2 is 1.87 bits per heavy atom. The highest BCUT2D eigenvalue weighted by Crippen LogP contribution is 2.37. The molecule has 0 atom stereocenters. The number of ether oxygens (including phenoxy) is 3. The molecule has 0 saturated heterocycles. The molecule has 2 aromatic rings. The second kappa shape index (κ2) is 5.92. The minimum Gasteiger partial charge on any atom is -0.504 e. The normalized spacial score (nSPS) is 13.0. The van der Waals surface area contributed by atoms with Crippen molar-refractivity contribution in [3.8, 4) is 23.0 Å². The van der Waals surface area contributed by atoms with Crippen molar-refractivity contribution in [1.29, 1.82) is 0 Å². The zero-order valence-electron chi connectivity index (χ0n) is 12.4. The Morgan fingerprint density at radius 3 is 2.57 bits per heavy atom. The first kappa shape index (κ1) is 14.8. The van der Waals surface area contributed by atoms with Gasteiger partial charge in [0.2, 0.25) is 12.7 Å². The van der Waals surface area contributed by atoms with Crippen LogP contribution in [0.3, 0.4) is 0 Å². The Morgan fingerprint density at radius 1 is 1.17 bits per heavy atom. The van der Waals surface area contributed by atoms with Crippen LogP contribution in [-0.2, 0) is 4.79 Å². The van der Waals surface area contributed by atoms with E-state index in [1.54, 1.807) is 30.3 Å². The zero-order chi connectivity index (χ0) is 16.4. The van der Waals surface area contributed by atoms with Crippen molar-refractivity contribution in [3.05, 3.63) is 53.6 Å². The maximum absolute atomic E-state index is 11.4. The molecular formula is C17H15NO5. The molecule has 3 rings (SSSR count). The number of methoxy groups -OCH3 is 1. The smallest absolute Gasteiger partial charge is 0.242 e. The monoisotopic (exact) mass is 313 g/mol. The van der Waals surface area contributed by atoms with Gasteiger partial charge in [-0.2, -0.15) is 0 Å². The van der Waals surface area contributed by atoms with Gasteiger partial charge >= 0.3 is 0 Å². The Balaban J connectivity index is 2.09. The van der Waals surface area contributed by atoms with Gasteiger partial charge < -0.3 is 25.1 Å². The maximum Gasteiger partial charge on any atom is 0.242 e. The molecule has 2 aromatic carbocycles. The quantitative estimate of drug-likeness (QED) is 0.843. The number of hydrogen-bond acceptors (Lipinski definition) is 5. The van der Waals surface area contributed by atoms with Gasteiger partial charge in [0.05, 0.1) is 7.11 Å². The summed E-state index contributed by atoms with van der Waals surface area (Å²) < 4.78 is 15.7. The summed E-state index contributed by atoms with van der Waals surface area (Å²) in [5.41, 5.74) is 7.23. The van der Waals surface area contributed by atoms with Gasteiger partial charge in [0, 0.05) is 6.08 Å². The number of benzene rings is 2. The molecule has 0 aromatic heterocycles. The van der Waals surface area contributed by atoms with E-state index in [-0.39, 0.29) is 12.5 Å². The largest absolute Gasteiger partial charge is 0.504 e. The summed E-state index contributed by atoms with van der Waals surface area (Å²) in [6.45, 7) is 0.164. The molecule has 0 unspecified atom stereocenters. The number of hydrogen-bond donors (Lipinski definition) is 2. The number of primary amides is 1. The summed E-state index contributed by atoms with van der Waals surface area (Å²) in [6, 6.07) is 10.2. The number of nitrogens with two attached hydrogens (primary N) is 1. The highest BCUT2D eigenvalue weighted by Gasteiger charge is 2.16. The number of carbonyl (C=O) groups is 1. The van der Waals surface area contributed by atoms with E-state index in [0.29, 0.717) is 28.4 Å². The third-order valence-corrected chi connectivity index (χ3v) is 3.46. The van der Waals surface area contributed by atoms with Gasteiger partial charge in [0.1, 0.15) is 0 Å². The van der Waals surface area contributed by atoms with Crippen LogP contribution in [0.5, 0.6) is 23.0 Å². The number of phenolic OH excluding ortho intramolecular Hbond substituents is 1. The Kier molecular flexibility index (Phi) is 3.80. The third-order valence-electron chi connectivity index (χ3n) is 3.46. The molecule has 0 radical (unpaired) electrons. The summed E-state index contributed by atoms with van der Waals surface area (Å²) in [7, 11) is 1.47. The number of aromatic hydroxyl groups is 1. The molecule has 6 nitrogen and oxygen atoms in total. The summed E-state index contributed by atoms with van der Waals surface area (Å²) in [5.74, 6) is 0.965. The molecule has 0 aliphatic carbocycles. The molecule has 118 valence electrons. The molecule has 1 aliphatic rings. The van der Waals surface area contributed by atoms with Gasteiger partial charge in [-0.25, -0.2) is 0 Å². The standard InChI is InChI=1S/C17H15NO5/c1-21-14-4-2-10(6-13(14)19)12(8-17(18)20)11-3-5-15-16(7-11)23-9-22-15/h2-8,19H,9H2,1H3,(H2,18,20). The highest BCUT2D eigenvalue weighted by atomic mass is 16.7. The van der Waals surface area contributed by atoms with Crippen molar-refractivity contribution in [1.82, 2.24) is 0 Å². The van der Waals surface area contributed by atoms with Crippen molar-refractivity contribution < 1.29 is 24.1 Å². The maximum atomic E-state index is 11.4. The second-order valence-corrected chi connectivity index (χ2v) is 4.92. The van der Waals surface area contributed by atoms with Crippen LogP contribution >= 0.6 is 0 Å². The van der Waals surface area contributed by atoms with Crippen molar-refractivity contribution >= 4 is 11.5 Å². The van der Waals surface area contributed by atoms with Crippen molar-refractivity contribution in [2.75, 3.05) is 13.9 Å². The highest BCUT2D eigenvalue weighted by molar-refractivity contribution is 5.98. The average molecular weight is 313 g/mol. The van der Waals surface area contributed by atoms with E-state index in [0.717, 1.165) is 5.56 Å². The number of carbonyl (C=O) groups excluding carboxylic acids is 1. The Labute approximate surface area is 132 Å². The molecule has 1 amide bonds. The molecular weight excluding hydrogens is 298 g/mol. The van der Waals surface area contributed by atoms with Gasteiger partial charge in [0.15, 0.2) is 23.0 Å². The molecule has 3 N–H and O–H groups in total. The SMILES string of the molecule is COc1ccc(C(=CC(N)=O)c2ccc3c(c2)OCO3)cc1O. The number of rotatable bonds is 4. The predicted octanol–water partition coefficient (Wildman–Crippen LogP) is 2.05. The lowest BCUT2D eigenvalue weighted by atomic mass is 9.96. The average Bonchev–Trinajstić information content (AvgIpc) is 3.00. The van der Waals surface area contributed by atoms with Crippen LogP contribution in [0.25, 0.3) is 5.57 Å². The van der Waals surface area contributed by atoms with Crippen LogP contribution in [-0.4, -0.2) is 24.9 Å². The first-order valence-corrected chi connectivity index (χ1v) is 6.87. The minimum absolute atomic E-state index is 0.0267. The van der Waals surface area contributed by atoms with E-state index in [2.05, 4.69) is 0 Å². The van der Waals surface area contributed by atoms with Crippen LogP contribution in [0, 0.1) is 0 Å². The van der Waals surface area contributed by atoms with Crippen molar-refractivity contribution in [2.24, 2.45) is 5.73 Å². The third kappa shape index (κ3) is 2.91. The summed E-state index contributed by atoms with van der Waals surface area (Å²) in [5, 5.41) is 9.96. The van der Waals surface area contributed by atoms with Crippen molar-refractivity contribution in [3.63, 3.8) is 0 Å². The molecule has 0 bridgehead atoms. The van der Waals surface area contributed by atoms with Gasteiger partial charge in [0.25, 0.3) is 0 Å². The van der Waals surface area contributed by atoms with Gasteiger partial charge in [-0.05, 0) is 41.0 Å². The molecule has 6 heteroatoms. The Bertz CT molecular complexity index is 798. The molecule has 23 heavy (non-hydrogen) atoms. The van der Waals surface area contributed by atoms with Crippen LogP contribution in [0.1, 0.15) is 11.1 Å². The first-order chi connectivity index (χ1) is 11.1. The van der Waals surface area contributed by atoms with Gasteiger partial charge in [-0.1, -0.05) is 12.1 Å². The number of phenols is 1. The zero-order valence-corrected chi connectivity index (χ0v) is 12.4.